The second kappa shape index (κ2) is 8.76. The number of halogens is 4. The molecule has 30 heavy (non-hydrogen) atoms. The van der Waals surface area contributed by atoms with E-state index in [1.165, 1.54) is 0 Å². The maximum Gasteiger partial charge on any atom is 0.501 e. The van der Waals surface area contributed by atoms with Crippen LogP contribution in [0.5, 0.6) is 0 Å². The molecule has 1 fully saturated rings. The lowest BCUT2D eigenvalue weighted by Gasteiger charge is -2.34. The van der Waals surface area contributed by atoms with E-state index >= 15 is 0 Å². The predicted molar refractivity (Wildman–Crippen MR) is 106 cm³/mol. The van der Waals surface area contributed by atoms with E-state index in [4.69, 9.17) is 0 Å². The molecule has 0 aliphatic carbocycles. The topological polar surface area (TPSA) is 65.5 Å². The van der Waals surface area contributed by atoms with E-state index in [1.54, 1.807) is 18.3 Å². The number of hydrogen-bond donors (Lipinski definition) is 1. The summed E-state index contributed by atoms with van der Waals surface area (Å²) in [4.78, 5) is 7.65. The molecule has 0 amide bonds. The van der Waals surface area contributed by atoms with Crippen LogP contribution in [0.2, 0.25) is 0 Å². The number of likely N-dealkylation sites (N-methyl/N-ethyl adjacent to an activating group) is 1. The molecule has 1 saturated heterocycles. The summed E-state index contributed by atoms with van der Waals surface area (Å²) in [5.41, 5.74) is -5.14. The number of nitrogens with one attached hydrogen (secondary N) is 1. The minimum absolute atomic E-state index is 0.0520. The van der Waals surface area contributed by atoms with E-state index in [2.05, 4.69) is 27.0 Å². The van der Waals surface area contributed by atoms with Gasteiger partial charge in [-0.05, 0) is 42.4 Å². The fourth-order valence-electron chi connectivity index (χ4n) is 3.22. The first-order valence-corrected chi connectivity index (χ1v) is 10.9. The molecule has 1 aliphatic heterocycles. The van der Waals surface area contributed by atoms with Crippen molar-refractivity contribution in [3.63, 3.8) is 0 Å². The van der Waals surface area contributed by atoms with Crippen LogP contribution in [0.4, 0.5) is 29.1 Å². The van der Waals surface area contributed by atoms with Gasteiger partial charge in [-0.25, -0.2) is 17.8 Å². The zero-order chi connectivity index (χ0) is 21.9. The first-order valence-electron chi connectivity index (χ1n) is 9.39. The molecule has 3 rings (SSSR count). The number of rotatable bonds is 6. The zero-order valence-electron chi connectivity index (χ0n) is 16.3. The Morgan fingerprint density at radius 3 is 2.43 bits per heavy atom. The number of hydrogen-bond acceptors (Lipinski definition) is 6. The first kappa shape index (κ1) is 22.3. The van der Waals surface area contributed by atoms with Crippen molar-refractivity contribution in [3.05, 3.63) is 47.9 Å². The van der Waals surface area contributed by atoms with Crippen molar-refractivity contribution in [2.24, 2.45) is 0 Å². The predicted octanol–water partition coefficient (Wildman–Crippen LogP) is 3.27. The highest BCUT2D eigenvalue weighted by Crippen LogP contribution is 2.35. The minimum atomic E-state index is -5.69. The van der Waals surface area contributed by atoms with E-state index in [1.807, 2.05) is 0 Å². The van der Waals surface area contributed by atoms with Gasteiger partial charge in [0.05, 0.1) is 5.69 Å². The van der Waals surface area contributed by atoms with Crippen molar-refractivity contribution in [1.82, 2.24) is 9.88 Å². The number of sulfone groups is 1. The number of alkyl halides is 3. The molecule has 1 N–H and O–H groups in total. The molecule has 1 aliphatic rings. The van der Waals surface area contributed by atoms with Gasteiger partial charge in [0.25, 0.3) is 9.84 Å². The monoisotopic (exact) mass is 446 g/mol. The van der Waals surface area contributed by atoms with Gasteiger partial charge in [0.2, 0.25) is 0 Å². The van der Waals surface area contributed by atoms with Crippen LogP contribution in [0.1, 0.15) is 12.5 Å². The third-order valence-electron chi connectivity index (χ3n) is 4.97. The van der Waals surface area contributed by atoms with Crippen molar-refractivity contribution in [1.29, 1.82) is 0 Å². The highest BCUT2D eigenvalue weighted by Gasteiger charge is 2.48. The summed E-state index contributed by atoms with van der Waals surface area (Å²) >= 11 is 0. The molecule has 0 spiro atoms. The van der Waals surface area contributed by atoms with Crippen LogP contribution in [0.15, 0.2) is 41.4 Å². The first-order chi connectivity index (χ1) is 14.1. The van der Waals surface area contributed by atoms with Gasteiger partial charge in [-0.15, -0.1) is 0 Å². The third kappa shape index (κ3) is 4.84. The molecule has 11 heteroatoms. The normalized spacial score (nSPS) is 16.0. The number of pyridine rings is 1. The molecule has 0 saturated carbocycles. The van der Waals surface area contributed by atoms with E-state index in [9.17, 15) is 26.0 Å². The molecule has 0 unspecified atom stereocenters. The highest BCUT2D eigenvalue weighted by atomic mass is 32.2. The molecule has 1 aromatic carbocycles. The number of nitrogens with zero attached hydrogens (tertiary/aromatic N) is 3. The van der Waals surface area contributed by atoms with Crippen molar-refractivity contribution in [2.75, 3.05) is 42.9 Å². The number of benzene rings is 1. The summed E-state index contributed by atoms with van der Waals surface area (Å²) in [7, 11) is -5.69. The average molecular weight is 446 g/mol. The lowest BCUT2D eigenvalue weighted by molar-refractivity contribution is -0.0435. The van der Waals surface area contributed by atoms with Crippen molar-refractivity contribution in [3.8, 4) is 0 Å². The zero-order valence-corrected chi connectivity index (χ0v) is 17.1. The Balaban J connectivity index is 1.77. The lowest BCUT2D eigenvalue weighted by atomic mass is 10.2. The summed E-state index contributed by atoms with van der Waals surface area (Å²) in [6, 6.07) is 5.75. The van der Waals surface area contributed by atoms with Gasteiger partial charge >= 0.3 is 5.51 Å². The summed E-state index contributed by atoms with van der Waals surface area (Å²) < 4.78 is 75.9. The van der Waals surface area contributed by atoms with Crippen LogP contribution in [0, 0.1) is 5.82 Å². The Hall–Kier alpha value is -2.40. The number of anilines is 2. The summed E-state index contributed by atoms with van der Waals surface area (Å²) in [5, 5.41) is 2.68. The Morgan fingerprint density at radius 1 is 1.10 bits per heavy atom. The molecule has 0 atom stereocenters. The van der Waals surface area contributed by atoms with E-state index < -0.39 is 26.1 Å². The molecular formula is C19H22F4N4O2S. The van der Waals surface area contributed by atoms with Gasteiger partial charge in [0.15, 0.2) is 0 Å². The maximum atomic E-state index is 13.5. The van der Waals surface area contributed by atoms with Crippen LogP contribution >= 0.6 is 0 Å². The van der Waals surface area contributed by atoms with E-state index in [0.717, 1.165) is 50.7 Å². The highest BCUT2D eigenvalue weighted by molar-refractivity contribution is 7.92. The van der Waals surface area contributed by atoms with Gasteiger partial charge < -0.3 is 15.1 Å². The van der Waals surface area contributed by atoms with E-state index in [0.29, 0.717) is 11.6 Å². The molecule has 164 valence electrons. The van der Waals surface area contributed by atoms with Gasteiger partial charge in [-0.2, -0.15) is 13.2 Å². The van der Waals surface area contributed by atoms with Crippen molar-refractivity contribution in [2.45, 2.75) is 23.9 Å². The van der Waals surface area contributed by atoms with Crippen LogP contribution < -0.4 is 10.2 Å². The Bertz CT molecular complexity index is 990. The molecule has 1 aromatic heterocycles. The van der Waals surface area contributed by atoms with Gasteiger partial charge in [-0.3, -0.25) is 0 Å². The Morgan fingerprint density at radius 2 is 1.80 bits per heavy atom. The molecule has 0 radical (unpaired) electrons. The van der Waals surface area contributed by atoms with Gasteiger partial charge in [0.1, 0.15) is 16.5 Å². The van der Waals surface area contributed by atoms with Crippen LogP contribution in [-0.4, -0.2) is 56.5 Å². The number of aromatic nitrogens is 1. The van der Waals surface area contributed by atoms with E-state index in [-0.39, 0.29) is 12.2 Å². The van der Waals surface area contributed by atoms with Crippen molar-refractivity contribution >= 4 is 21.3 Å². The fraction of sp³-hybridized carbons (Fsp3) is 0.421. The largest absolute Gasteiger partial charge is 0.501 e. The van der Waals surface area contributed by atoms with Gasteiger partial charge in [0, 0.05) is 38.9 Å². The smallest absolute Gasteiger partial charge is 0.380 e. The second-order valence-electron chi connectivity index (χ2n) is 6.89. The average Bonchev–Trinajstić information content (AvgIpc) is 2.72. The third-order valence-corrected chi connectivity index (χ3v) is 6.50. The summed E-state index contributed by atoms with van der Waals surface area (Å²) in [6.07, 6.45) is 1.59. The minimum Gasteiger partial charge on any atom is -0.380 e. The Kier molecular flexibility index (Phi) is 6.51. The lowest BCUT2D eigenvalue weighted by Crippen LogP contribution is -2.46. The SMILES string of the molecule is CCN1CCN(c2cc(CNc3ccc(F)cc3S(=O)(=O)C(F)(F)F)ccn2)CC1. The maximum absolute atomic E-state index is 13.5. The second-order valence-corrected chi connectivity index (χ2v) is 8.80. The molecule has 0 bridgehead atoms. The van der Waals surface area contributed by atoms with Crippen LogP contribution in [0.3, 0.4) is 0 Å². The summed E-state index contributed by atoms with van der Waals surface area (Å²) in [6.45, 7) is 6.57. The Labute approximate surface area is 172 Å². The molecule has 2 aromatic rings. The van der Waals surface area contributed by atoms with Gasteiger partial charge in [-0.1, -0.05) is 6.92 Å². The number of piperazine rings is 1. The molecular weight excluding hydrogens is 424 g/mol. The summed E-state index contributed by atoms with van der Waals surface area (Å²) in [5.74, 6) is -0.326. The van der Waals surface area contributed by atoms with Crippen LogP contribution in [0.25, 0.3) is 0 Å². The van der Waals surface area contributed by atoms with Crippen LogP contribution in [-0.2, 0) is 16.4 Å². The molecule has 6 nitrogen and oxygen atoms in total. The molecule has 2 heterocycles. The quantitative estimate of drug-likeness (QED) is 0.688. The standard InChI is InChI=1S/C19H22F4N4O2S/c1-2-26-7-9-27(10-8-26)18-11-14(5-6-24-18)13-25-16-4-3-15(20)12-17(16)30(28,29)19(21,22)23/h3-6,11-12,25H,2,7-10,13H2,1H3. The van der Waals surface area contributed by atoms with Crippen molar-refractivity contribution < 1.29 is 26.0 Å². The fourth-order valence-corrected chi connectivity index (χ4v) is 4.17.